The highest BCUT2D eigenvalue weighted by Crippen LogP contribution is 2.25. The van der Waals surface area contributed by atoms with Crippen LogP contribution in [0.4, 0.5) is 0 Å². The Morgan fingerprint density at radius 1 is 0.511 bits per heavy atom. The van der Waals surface area contributed by atoms with Crippen LogP contribution < -0.4 is 14.2 Å². The Kier molecular flexibility index (Phi) is 15.4. The van der Waals surface area contributed by atoms with E-state index < -0.39 is 17.9 Å². The van der Waals surface area contributed by atoms with Gasteiger partial charge in [0.15, 0.2) is 0 Å². The summed E-state index contributed by atoms with van der Waals surface area (Å²) in [5.74, 6) is 0.408. The van der Waals surface area contributed by atoms with Gasteiger partial charge in [0.05, 0.1) is 45.2 Å². The third-order valence-electron chi connectivity index (χ3n) is 6.07. The van der Waals surface area contributed by atoms with Crippen molar-refractivity contribution in [3.05, 3.63) is 104 Å². The molecule has 10 heteroatoms. The summed E-state index contributed by atoms with van der Waals surface area (Å²) < 4.78 is 37.4. The molecule has 0 amide bonds. The molecule has 45 heavy (non-hydrogen) atoms. The highest BCUT2D eigenvalue weighted by Gasteiger charge is 2.10. The molecule has 0 atom stereocenters. The van der Waals surface area contributed by atoms with Gasteiger partial charge in [0.25, 0.3) is 0 Å². The second kappa shape index (κ2) is 20.1. The standard InChI is InChI=1S/C35H38O10/c1-3-33(36)43-20-6-5-19-41-30-13-7-27(8-14-30)28-9-17-32(18-10-28)45-35(38)29-11-15-31(16-12-29)42-25-23-39-21-22-40-24-26-44-34(37)4-2/h3-4,7-18H,1-2,5-6,19-26H2. The largest absolute Gasteiger partial charge is 0.494 e. The molecule has 0 bridgehead atoms. The molecule has 238 valence electrons. The van der Waals surface area contributed by atoms with Crippen molar-refractivity contribution in [1.29, 1.82) is 0 Å². The van der Waals surface area contributed by atoms with Crippen LogP contribution in [-0.4, -0.2) is 70.8 Å². The van der Waals surface area contributed by atoms with Gasteiger partial charge in [-0.05, 0) is 72.5 Å². The van der Waals surface area contributed by atoms with Gasteiger partial charge in [-0.1, -0.05) is 37.4 Å². The summed E-state index contributed by atoms with van der Waals surface area (Å²) in [6.45, 7) is 9.44. The number of hydrogen-bond acceptors (Lipinski definition) is 10. The predicted molar refractivity (Wildman–Crippen MR) is 167 cm³/mol. The van der Waals surface area contributed by atoms with Crippen molar-refractivity contribution in [2.45, 2.75) is 12.8 Å². The minimum atomic E-state index is -0.481. The van der Waals surface area contributed by atoms with Crippen molar-refractivity contribution < 1.29 is 47.5 Å². The van der Waals surface area contributed by atoms with E-state index in [-0.39, 0.29) is 13.2 Å². The van der Waals surface area contributed by atoms with Crippen molar-refractivity contribution in [2.75, 3.05) is 52.9 Å². The smallest absolute Gasteiger partial charge is 0.343 e. The second-order valence-electron chi connectivity index (χ2n) is 9.33. The summed E-state index contributed by atoms with van der Waals surface area (Å²) in [7, 11) is 0. The lowest BCUT2D eigenvalue weighted by atomic mass is 10.1. The Bertz CT molecular complexity index is 1350. The number of rotatable bonds is 21. The van der Waals surface area contributed by atoms with E-state index in [9.17, 15) is 14.4 Å². The van der Waals surface area contributed by atoms with E-state index in [0.717, 1.165) is 35.4 Å². The predicted octanol–water partition coefficient (Wildman–Crippen LogP) is 5.60. The Labute approximate surface area is 263 Å². The number of esters is 3. The molecular formula is C35H38O10. The van der Waals surface area contributed by atoms with Crippen LogP contribution in [0.3, 0.4) is 0 Å². The average molecular weight is 619 g/mol. The second-order valence-corrected chi connectivity index (χ2v) is 9.33. The number of carbonyl (C=O) groups is 3. The summed E-state index contributed by atoms with van der Waals surface area (Å²) in [6.07, 6.45) is 3.72. The molecule has 0 aliphatic carbocycles. The number of hydrogen-bond donors (Lipinski definition) is 0. The SMILES string of the molecule is C=CC(=O)OCCCCOc1ccc(-c2ccc(OC(=O)c3ccc(OCCOCCOCCOC(=O)C=C)cc3)cc2)cc1. The van der Waals surface area contributed by atoms with Crippen molar-refractivity contribution in [3.8, 4) is 28.4 Å². The summed E-state index contributed by atoms with van der Waals surface area (Å²) >= 11 is 0. The average Bonchev–Trinajstić information content (AvgIpc) is 3.07. The van der Waals surface area contributed by atoms with E-state index >= 15 is 0 Å². The fourth-order valence-corrected chi connectivity index (χ4v) is 3.74. The lowest BCUT2D eigenvalue weighted by Gasteiger charge is -2.09. The van der Waals surface area contributed by atoms with Gasteiger partial charge >= 0.3 is 17.9 Å². The maximum atomic E-state index is 12.6. The van der Waals surface area contributed by atoms with Crippen LogP contribution in [0, 0.1) is 0 Å². The minimum Gasteiger partial charge on any atom is -0.494 e. The van der Waals surface area contributed by atoms with Crippen LogP contribution in [0.2, 0.25) is 0 Å². The molecule has 0 unspecified atom stereocenters. The van der Waals surface area contributed by atoms with Crippen LogP contribution in [0.1, 0.15) is 23.2 Å². The molecule has 3 aromatic carbocycles. The molecule has 3 rings (SSSR count). The minimum absolute atomic E-state index is 0.165. The maximum Gasteiger partial charge on any atom is 0.343 e. The number of ether oxygens (including phenoxy) is 7. The molecule has 0 aliphatic heterocycles. The Morgan fingerprint density at radius 3 is 1.53 bits per heavy atom. The molecule has 0 aliphatic rings. The van der Waals surface area contributed by atoms with Crippen molar-refractivity contribution >= 4 is 17.9 Å². The Balaban J connectivity index is 1.31. The van der Waals surface area contributed by atoms with Crippen molar-refractivity contribution in [2.24, 2.45) is 0 Å². The molecular weight excluding hydrogens is 580 g/mol. The first kappa shape index (κ1) is 34.6. The van der Waals surface area contributed by atoms with Crippen LogP contribution in [-0.2, 0) is 28.5 Å². The van der Waals surface area contributed by atoms with E-state index in [4.69, 9.17) is 33.2 Å². The lowest BCUT2D eigenvalue weighted by Crippen LogP contribution is -2.13. The number of benzene rings is 3. The molecule has 0 heterocycles. The molecule has 3 aromatic rings. The van der Waals surface area contributed by atoms with Gasteiger partial charge in [0.2, 0.25) is 0 Å². The normalized spacial score (nSPS) is 10.4. The van der Waals surface area contributed by atoms with Crippen molar-refractivity contribution in [3.63, 3.8) is 0 Å². The van der Waals surface area contributed by atoms with Gasteiger partial charge in [-0.3, -0.25) is 0 Å². The van der Waals surface area contributed by atoms with Crippen LogP contribution >= 0.6 is 0 Å². The Hall–Kier alpha value is -4.93. The third-order valence-corrected chi connectivity index (χ3v) is 6.07. The van der Waals surface area contributed by atoms with Gasteiger partial charge < -0.3 is 33.2 Å². The van der Waals surface area contributed by atoms with E-state index in [1.165, 1.54) is 0 Å². The maximum absolute atomic E-state index is 12.6. The van der Waals surface area contributed by atoms with E-state index in [1.54, 1.807) is 36.4 Å². The lowest BCUT2D eigenvalue weighted by molar-refractivity contribution is -0.139. The first-order valence-electron chi connectivity index (χ1n) is 14.5. The van der Waals surface area contributed by atoms with Crippen molar-refractivity contribution in [1.82, 2.24) is 0 Å². The molecule has 10 nitrogen and oxygen atoms in total. The zero-order valence-electron chi connectivity index (χ0n) is 25.2. The molecule has 0 saturated heterocycles. The monoisotopic (exact) mass is 618 g/mol. The van der Waals surface area contributed by atoms with Crippen LogP contribution in [0.5, 0.6) is 17.2 Å². The highest BCUT2D eigenvalue weighted by molar-refractivity contribution is 5.91. The summed E-state index contributed by atoms with van der Waals surface area (Å²) in [5, 5.41) is 0. The summed E-state index contributed by atoms with van der Waals surface area (Å²) in [5.41, 5.74) is 2.36. The zero-order chi connectivity index (χ0) is 32.1. The van der Waals surface area contributed by atoms with E-state index in [0.29, 0.717) is 63.1 Å². The zero-order valence-corrected chi connectivity index (χ0v) is 25.2. The van der Waals surface area contributed by atoms with Gasteiger partial charge in [0, 0.05) is 12.2 Å². The summed E-state index contributed by atoms with van der Waals surface area (Å²) in [4.78, 5) is 34.5. The van der Waals surface area contributed by atoms with Gasteiger partial charge in [-0.25, -0.2) is 14.4 Å². The molecule has 0 saturated carbocycles. The Morgan fingerprint density at radius 2 is 0.956 bits per heavy atom. The molecule has 0 radical (unpaired) electrons. The van der Waals surface area contributed by atoms with E-state index in [1.807, 2.05) is 36.4 Å². The summed E-state index contributed by atoms with van der Waals surface area (Å²) in [6, 6.07) is 21.6. The highest BCUT2D eigenvalue weighted by atomic mass is 16.6. The number of unbranched alkanes of at least 4 members (excludes halogenated alkanes) is 1. The van der Waals surface area contributed by atoms with Crippen LogP contribution in [0.15, 0.2) is 98.1 Å². The molecule has 0 spiro atoms. The van der Waals surface area contributed by atoms with Gasteiger partial charge in [0.1, 0.15) is 30.5 Å². The third kappa shape index (κ3) is 13.5. The fourth-order valence-electron chi connectivity index (χ4n) is 3.74. The molecule has 0 aromatic heterocycles. The van der Waals surface area contributed by atoms with E-state index in [2.05, 4.69) is 13.2 Å². The molecule has 0 N–H and O–H groups in total. The fraction of sp³-hybridized carbons (Fsp3) is 0.286. The molecule has 0 fully saturated rings. The van der Waals surface area contributed by atoms with Gasteiger partial charge in [-0.15, -0.1) is 0 Å². The number of carbonyl (C=O) groups excluding carboxylic acids is 3. The topological polar surface area (TPSA) is 116 Å². The first-order chi connectivity index (χ1) is 22.0. The quantitative estimate of drug-likeness (QED) is 0.0646. The van der Waals surface area contributed by atoms with Crippen LogP contribution in [0.25, 0.3) is 11.1 Å². The first-order valence-corrected chi connectivity index (χ1v) is 14.5. The van der Waals surface area contributed by atoms with Gasteiger partial charge in [-0.2, -0.15) is 0 Å².